The largest absolute Gasteiger partial charge is 0.182 e. The molecule has 5 rings (SSSR count). The molecule has 2 aromatic carbocycles. The molecule has 214 valence electrons. The maximum atomic E-state index is 2.69. The maximum Gasteiger partial charge on any atom is 0.182 e. The number of hydrogen-bond donors (Lipinski definition) is 0. The van der Waals surface area contributed by atoms with Gasteiger partial charge in [-0.1, -0.05) is 150 Å². The zero-order chi connectivity index (χ0) is 29.8. The quantitative estimate of drug-likeness (QED) is 0.159. The lowest BCUT2D eigenvalue weighted by Crippen LogP contribution is -2.73. The maximum absolute atomic E-state index is 2.69. The predicted octanol–water partition coefficient (Wildman–Crippen LogP) is 6.94. The lowest BCUT2D eigenvalue weighted by Gasteiger charge is -2.30. The third kappa shape index (κ3) is 5.96. The molecule has 0 bridgehead atoms. The lowest BCUT2D eigenvalue weighted by molar-refractivity contribution is 1.71. The van der Waals surface area contributed by atoms with Gasteiger partial charge in [-0.2, -0.15) is 0 Å². The fraction of sp³-hybridized carbons (Fsp3) is 0.294. The van der Waals surface area contributed by atoms with E-state index in [0.29, 0.717) is 0 Å². The summed E-state index contributed by atoms with van der Waals surface area (Å²) in [6.07, 6.45) is 0. The molecule has 1 aliphatic rings. The zero-order valence-corrected chi connectivity index (χ0v) is 33.2. The van der Waals surface area contributed by atoms with Crippen LogP contribution in [0.25, 0.3) is 9.75 Å². The van der Waals surface area contributed by atoms with E-state index in [1.807, 2.05) is 0 Å². The van der Waals surface area contributed by atoms with Crippen molar-refractivity contribution in [3.8, 4) is 9.75 Å². The minimum atomic E-state index is -2.43. The highest BCUT2D eigenvalue weighted by molar-refractivity contribution is 7.41. The van der Waals surface area contributed by atoms with Gasteiger partial charge in [-0.25, -0.2) is 0 Å². The van der Waals surface area contributed by atoms with Gasteiger partial charge in [0.05, 0.1) is 16.1 Å². The Morgan fingerprint density at radius 3 is 1.15 bits per heavy atom. The van der Waals surface area contributed by atoms with E-state index in [9.17, 15) is 0 Å². The fourth-order valence-electron chi connectivity index (χ4n) is 5.70. The highest BCUT2D eigenvalue weighted by atomic mass is 32.1. The first-order chi connectivity index (χ1) is 19.0. The van der Waals surface area contributed by atoms with Crippen LogP contribution in [0, 0.1) is 0 Å². The molecule has 0 saturated heterocycles. The van der Waals surface area contributed by atoms with Gasteiger partial charge in [-0.05, 0) is 29.7 Å². The molecular weight excluding hydrogens is 613 g/mol. The van der Waals surface area contributed by atoms with Crippen LogP contribution in [0.15, 0.2) is 95.6 Å². The Morgan fingerprint density at radius 2 is 0.829 bits per heavy atom. The SMILES string of the molecule is C[Si](C)(C)/C=C/[Si](C)(C)c1cc2c(s1)-c1sc([Si](C)(C)/C=C/[Si](C)(C)C)cc1[Si]2(c1ccccc1)c1ccccc1. The molecule has 0 saturated carbocycles. The van der Waals surface area contributed by atoms with E-state index in [1.54, 1.807) is 29.1 Å². The van der Waals surface area contributed by atoms with E-state index in [-0.39, 0.29) is 0 Å². The Kier molecular flexibility index (Phi) is 8.16. The van der Waals surface area contributed by atoms with E-state index in [4.69, 9.17) is 0 Å². The molecule has 0 atom stereocenters. The molecule has 4 aromatic rings. The van der Waals surface area contributed by atoms with E-state index in [1.165, 1.54) is 10.4 Å². The van der Waals surface area contributed by atoms with Crippen molar-refractivity contribution in [2.75, 3.05) is 0 Å². The van der Waals surface area contributed by atoms with Crippen LogP contribution in [-0.4, -0.2) is 40.4 Å². The van der Waals surface area contributed by atoms with Gasteiger partial charge in [0.1, 0.15) is 16.1 Å². The molecule has 7 heteroatoms. The van der Waals surface area contributed by atoms with Crippen LogP contribution in [0.4, 0.5) is 0 Å². The zero-order valence-electron chi connectivity index (χ0n) is 26.6. The normalized spacial score (nSPS) is 15.6. The topological polar surface area (TPSA) is 0 Å². The van der Waals surface area contributed by atoms with Gasteiger partial charge in [0, 0.05) is 9.75 Å². The Morgan fingerprint density at radius 1 is 0.488 bits per heavy atom. The van der Waals surface area contributed by atoms with E-state index >= 15 is 0 Å². The second kappa shape index (κ2) is 10.8. The van der Waals surface area contributed by atoms with Crippen LogP contribution in [0.3, 0.4) is 0 Å². The average Bonchev–Trinajstić information content (AvgIpc) is 3.59. The standard InChI is InChI=1S/C34H46S2Si5/c1-37(2,3)21-23-39(7,8)31-25-29-33(35-31)34-30(26-32(36-34)40(9,10)24-22-38(4,5)6)41(29,27-17-13-11-14-18-27)28-19-15-12-16-20-28/h11-26H,1-10H3/b23-21+,24-22+. The number of thiophene rings is 2. The molecule has 0 unspecified atom stereocenters. The van der Waals surface area contributed by atoms with Gasteiger partial charge in [-0.15, -0.1) is 34.1 Å². The van der Waals surface area contributed by atoms with Gasteiger partial charge in [0.15, 0.2) is 8.07 Å². The van der Waals surface area contributed by atoms with Crippen LogP contribution in [0.2, 0.25) is 65.5 Å². The van der Waals surface area contributed by atoms with Crippen molar-refractivity contribution in [3.63, 3.8) is 0 Å². The number of rotatable bonds is 8. The molecule has 0 spiro atoms. The Balaban J connectivity index is 1.81. The molecule has 3 heterocycles. The van der Waals surface area contributed by atoms with Crippen LogP contribution in [0.1, 0.15) is 0 Å². The van der Waals surface area contributed by atoms with Crippen molar-refractivity contribution in [1.29, 1.82) is 0 Å². The summed E-state index contributed by atoms with van der Waals surface area (Å²) < 4.78 is 3.27. The molecule has 0 amide bonds. The molecule has 0 aliphatic carbocycles. The van der Waals surface area contributed by atoms with Crippen LogP contribution in [-0.2, 0) is 0 Å². The van der Waals surface area contributed by atoms with Gasteiger partial charge in [0.2, 0.25) is 0 Å². The minimum Gasteiger partial charge on any atom is -0.144 e. The second-order valence-electron chi connectivity index (χ2n) is 15.0. The summed E-state index contributed by atoms with van der Waals surface area (Å²) in [6.45, 7) is 24.9. The summed E-state index contributed by atoms with van der Waals surface area (Å²) in [5.41, 5.74) is 10.5. The highest BCUT2D eigenvalue weighted by Gasteiger charge is 2.52. The van der Waals surface area contributed by atoms with Crippen LogP contribution >= 0.6 is 22.7 Å². The highest BCUT2D eigenvalue weighted by Crippen LogP contribution is 2.36. The third-order valence-electron chi connectivity index (χ3n) is 8.16. The van der Waals surface area contributed by atoms with Gasteiger partial charge >= 0.3 is 0 Å². The van der Waals surface area contributed by atoms with E-state index in [0.717, 1.165) is 0 Å². The first kappa shape index (κ1) is 30.8. The summed E-state index contributed by atoms with van der Waals surface area (Å²) >= 11 is 4.26. The summed E-state index contributed by atoms with van der Waals surface area (Å²) in [7, 11) is -8.41. The fourth-order valence-corrected chi connectivity index (χ4v) is 26.1. The summed E-state index contributed by atoms with van der Waals surface area (Å²) in [4.78, 5) is 3.15. The number of fused-ring (bicyclic) bond motifs is 3. The lowest BCUT2D eigenvalue weighted by atomic mass is 10.4. The molecular formula is C34H46S2Si5. The Labute approximate surface area is 262 Å². The van der Waals surface area contributed by atoms with Crippen molar-refractivity contribution < 1.29 is 0 Å². The van der Waals surface area contributed by atoms with Gasteiger partial charge in [-0.3, -0.25) is 0 Å². The first-order valence-corrected chi connectivity index (χ1v) is 31.8. The Bertz CT molecular complexity index is 1470. The van der Waals surface area contributed by atoms with Crippen molar-refractivity contribution >= 4 is 92.8 Å². The van der Waals surface area contributed by atoms with Gasteiger partial charge < -0.3 is 0 Å². The molecule has 0 fully saturated rings. The first-order valence-electron chi connectivity index (χ1n) is 14.9. The third-order valence-corrected chi connectivity index (χ3v) is 27.0. The summed E-state index contributed by atoms with van der Waals surface area (Å²) in [5, 5.41) is 6.33. The number of hydrogen-bond acceptors (Lipinski definition) is 2. The molecule has 41 heavy (non-hydrogen) atoms. The molecule has 0 nitrogen and oxygen atoms in total. The van der Waals surface area contributed by atoms with E-state index in [2.05, 4.69) is 184 Å². The predicted molar refractivity (Wildman–Crippen MR) is 204 cm³/mol. The smallest absolute Gasteiger partial charge is 0.144 e. The van der Waals surface area contributed by atoms with Crippen molar-refractivity contribution in [1.82, 2.24) is 0 Å². The number of benzene rings is 2. The molecule has 2 aromatic heterocycles. The summed E-state index contributed by atoms with van der Waals surface area (Å²) in [5.74, 6) is 0. The summed E-state index contributed by atoms with van der Waals surface area (Å²) in [6, 6.07) is 28.5. The van der Waals surface area contributed by atoms with E-state index < -0.39 is 40.4 Å². The van der Waals surface area contributed by atoms with Crippen LogP contribution in [0.5, 0.6) is 0 Å². The van der Waals surface area contributed by atoms with Crippen molar-refractivity contribution in [2.45, 2.75) is 65.5 Å². The van der Waals surface area contributed by atoms with Crippen molar-refractivity contribution in [2.24, 2.45) is 0 Å². The molecule has 0 radical (unpaired) electrons. The monoisotopic (exact) mass is 658 g/mol. The second-order valence-corrected chi connectivity index (χ2v) is 40.4. The molecule has 1 aliphatic heterocycles. The molecule has 0 N–H and O–H groups in total. The van der Waals surface area contributed by atoms with Crippen molar-refractivity contribution in [3.05, 3.63) is 95.6 Å². The minimum absolute atomic E-state index is 1.26. The Hall–Kier alpha value is -1.60. The van der Waals surface area contributed by atoms with Gasteiger partial charge in [0.25, 0.3) is 0 Å². The van der Waals surface area contributed by atoms with Crippen LogP contribution < -0.4 is 29.7 Å². The average molecular weight is 659 g/mol.